The summed E-state index contributed by atoms with van der Waals surface area (Å²) < 4.78 is 0. The van der Waals surface area contributed by atoms with Gasteiger partial charge in [-0.2, -0.15) is 0 Å². The molecule has 1 aliphatic carbocycles. The highest BCUT2D eigenvalue weighted by Crippen LogP contribution is 2.47. The summed E-state index contributed by atoms with van der Waals surface area (Å²) in [5.74, 6) is 1.75. The summed E-state index contributed by atoms with van der Waals surface area (Å²) >= 11 is 0. The molecule has 0 aromatic heterocycles. The van der Waals surface area contributed by atoms with Crippen LogP contribution < -0.4 is 0 Å². The summed E-state index contributed by atoms with van der Waals surface area (Å²) in [5.41, 5.74) is 0.865. The minimum absolute atomic E-state index is 0.280. The molecule has 0 bridgehead atoms. The normalized spacial score (nSPS) is 31.4. The minimum Gasteiger partial charge on any atom is -0.294 e. The second-order valence-corrected chi connectivity index (χ2v) is 3.97. The topological polar surface area (TPSA) is 17.1 Å². The van der Waals surface area contributed by atoms with E-state index >= 15 is 0 Å². The zero-order valence-corrected chi connectivity index (χ0v) is 8.03. The standard InChI is InChI=1S/C12H14O/c1-8-9(2)11(8)12(13)10-6-4-3-5-7-10/h3-9,11H,1-2H3/t8-,9+,11?. The Kier molecular flexibility index (Phi) is 1.95. The van der Waals surface area contributed by atoms with Crippen LogP contribution in [0.15, 0.2) is 30.3 Å². The van der Waals surface area contributed by atoms with E-state index in [1.165, 1.54) is 0 Å². The third-order valence-corrected chi connectivity index (χ3v) is 3.18. The molecular formula is C12H14O. The molecule has 1 aliphatic rings. The number of ketones is 1. The SMILES string of the molecule is C[C@@H]1C(C(=O)c2ccccc2)[C@@H]1C. The summed E-state index contributed by atoms with van der Waals surface area (Å²) in [6, 6.07) is 9.59. The lowest BCUT2D eigenvalue weighted by molar-refractivity contribution is 0.0958. The van der Waals surface area contributed by atoms with Crippen molar-refractivity contribution in [2.75, 3.05) is 0 Å². The molecule has 0 aliphatic heterocycles. The van der Waals surface area contributed by atoms with E-state index in [0.717, 1.165) is 5.56 Å². The number of hydrogen-bond donors (Lipinski definition) is 0. The minimum atomic E-state index is 0.280. The number of Topliss-reactive ketones (excluding diaryl/α,β-unsaturated/α-hetero) is 1. The lowest BCUT2D eigenvalue weighted by atomic mass is 10.1. The lowest BCUT2D eigenvalue weighted by Crippen LogP contribution is -2.03. The highest BCUT2D eigenvalue weighted by Gasteiger charge is 2.47. The smallest absolute Gasteiger partial charge is 0.166 e. The molecule has 2 rings (SSSR count). The van der Waals surface area contributed by atoms with Gasteiger partial charge in [0.1, 0.15) is 0 Å². The first-order valence-electron chi connectivity index (χ1n) is 4.81. The fraction of sp³-hybridized carbons (Fsp3) is 0.417. The van der Waals surface area contributed by atoms with E-state index in [0.29, 0.717) is 17.6 Å². The van der Waals surface area contributed by atoms with Crippen molar-refractivity contribution in [1.82, 2.24) is 0 Å². The Bertz CT molecular complexity index is 307. The van der Waals surface area contributed by atoms with Gasteiger partial charge < -0.3 is 0 Å². The summed E-state index contributed by atoms with van der Waals surface area (Å²) in [4.78, 5) is 11.8. The zero-order valence-electron chi connectivity index (χ0n) is 8.03. The fourth-order valence-corrected chi connectivity index (χ4v) is 1.94. The molecule has 0 radical (unpaired) electrons. The molecule has 13 heavy (non-hydrogen) atoms. The Morgan fingerprint density at radius 2 is 1.62 bits per heavy atom. The van der Waals surface area contributed by atoms with Gasteiger partial charge >= 0.3 is 0 Å². The van der Waals surface area contributed by atoms with Gasteiger partial charge in [0.05, 0.1) is 0 Å². The van der Waals surface area contributed by atoms with Crippen LogP contribution in [0.3, 0.4) is 0 Å². The number of rotatable bonds is 2. The van der Waals surface area contributed by atoms with Crippen LogP contribution in [-0.4, -0.2) is 5.78 Å². The molecule has 0 amide bonds. The van der Waals surface area contributed by atoms with Gasteiger partial charge in [0.15, 0.2) is 5.78 Å². The van der Waals surface area contributed by atoms with Crippen LogP contribution in [0.25, 0.3) is 0 Å². The molecule has 1 aromatic carbocycles. The van der Waals surface area contributed by atoms with Gasteiger partial charge in [-0.25, -0.2) is 0 Å². The van der Waals surface area contributed by atoms with E-state index in [1.807, 2.05) is 30.3 Å². The predicted molar refractivity (Wildman–Crippen MR) is 52.6 cm³/mol. The molecule has 1 saturated carbocycles. The quantitative estimate of drug-likeness (QED) is 0.630. The van der Waals surface area contributed by atoms with Crippen molar-refractivity contribution in [2.24, 2.45) is 17.8 Å². The van der Waals surface area contributed by atoms with Crippen LogP contribution >= 0.6 is 0 Å². The van der Waals surface area contributed by atoms with Crippen molar-refractivity contribution in [2.45, 2.75) is 13.8 Å². The van der Waals surface area contributed by atoms with Crippen molar-refractivity contribution < 1.29 is 4.79 Å². The molecule has 1 fully saturated rings. The number of benzene rings is 1. The van der Waals surface area contributed by atoms with Crippen LogP contribution in [0.1, 0.15) is 24.2 Å². The maximum atomic E-state index is 11.8. The van der Waals surface area contributed by atoms with Crippen LogP contribution in [0.2, 0.25) is 0 Å². The first-order valence-corrected chi connectivity index (χ1v) is 4.81. The van der Waals surface area contributed by atoms with Crippen molar-refractivity contribution in [3.8, 4) is 0 Å². The van der Waals surface area contributed by atoms with Crippen molar-refractivity contribution in [3.05, 3.63) is 35.9 Å². The number of carbonyl (C=O) groups excluding carboxylic acids is 1. The Morgan fingerprint density at radius 3 is 2.08 bits per heavy atom. The zero-order chi connectivity index (χ0) is 9.42. The monoisotopic (exact) mass is 174 g/mol. The van der Waals surface area contributed by atoms with E-state index in [9.17, 15) is 4.79 Å². The molecule has 3 atom stereocenters. The first-order chi connectivity index (χ1) is 6.22. The van der Waals surface area contributed by atoms with E-state index in [1.54, 1.807) is 0 Å². The van der Waals surface area contributed by atoms with Gasteiger partial charge in [0, 0.05) is 11.5 Å². The molecule has 0 saturated heterocycles. The molecule has 1 heteroatoms. The molecule has 0 spiro atoms. The van der Waals surface area contributed by atoms with Crippen molar-refractivity contribution in [1.29, 1.82) is 0 Å². The van der Waals surface area contributed by atoms with Crippen LogP contribution in [0, 0.1) is 17.8 Å². The van der Waals surface area contributed by atoms with Gasteiger partial charge in [-0.15, -0.1) is 0 Å². The van der Waals surface area contributed by atoms with E-state index in [-0.39, 0.29) is 5.92 Å². The number of hydrogen-bond acceptors (Lipinski definition) is 1. The summed E-state index contributed by atoms with van der Waals surface area (Å²) in [6.45, 7) is 4.30. The Hall–Kier alpha value is -1.11. The first kappa shape index (κ1) is 8.49. The van der Waals surface area contributed by atoms with E-state index in [4.69, 9.17) is 0 Å². The average molecular weight is 174 g/mol. The third kappa shape index (κ3) is 1.39. The second kappa shape index (κ2) is 2.99. The molecule has 0 heterocycles. The van der Waals surface area contributed by atoms with Gasteiger partial charge in [0.2, 0.25) is 0 Å². The lowest BCUT2D eigenvalue weighted by Gasteiger charge is -1.97. The van der Waals surface area contributed by atoms with Gasteiger partial charge in [-0.1, -0.05) is 44.2 Å². The largest absolute Gasteiger partial charge is 0.294 e. The van der Waals surface area contributed by atoms with Gasteiger partial charge in [-0.3, -0.25) is 4.79 Å². The van der Waals surface area contributed by atoms with Crippen molar-refractivity contribution in [3.63, 3.8) is 0 Å². The average Bonchev–Trinajstić information content (AvgIpc) is 2.75. The predicted octanol–water partition coefficient (Wildman–Crippen LogP) is 2.77. The van der Waals surface area contributed by atoms with Crippen LogP contribution in [0.4, 0.5) is 0 Å². The molecule has 68 valence electrons. The maximum Gasteiger partial charge on any atom is 0.166 e. The highest BCUT2D eigenvalue weighted by atomic mass is 16.1. The molecule has 0 N–H and O–H groups in total. The molecule has 1 aromatic rings. The third-order valence-electron chi connectivity index (χ3n) is 3.18. The Balaban J connectivity index is 2.16. The molecule has 1 unspecified atom stereocenters. The molecular weight excluding hydrogens is 160 g/mol. The summed E-state index contributed by atoms with van der Waals surface area (Å²) in [7, 11) is 0. The second-order valence-electron chi connectivity index (χ2n) is 3.97. The highest BCUT2D eigenvalue weighted by molar-refractivity contribution is 5.99. The Morgan fingerprint density at radius 1 is 1.08 bits per heavy atom. The molecule has 1 nitrogen and oxygen atoms in total. The van der Waals surface area contributed by atoms with E-state index in [2.05, 4.69) is 13.8 Å². The number of carbonyl (C=O) groups is 1. The van der Waals surface area contributed by atoms with E-state index < -0.39 is 0 Å². The van der Waals surface area contributed by atoms with Gasteiger partial charge in [-0.05, 0) is 11.8 Å². The van der Waals surface area contributed by atoms with Crippen molar-refractivity contribution >= 4 is 5.78 Å². The Labute approximate surface area is 78.8 Å². The summed E-state index contributed by atoms with van der Waals surface area (Å²) in [6.07, 6.45) is 0. The summed E-state index contributed by atoms with van der Waals surface area (Å²) in [5, 5.41) is 0. The van der Waals surface area contributed by atoms with Crippen LogP contribution in [0.5, 0.6) is 0 Å². The maximum absolute atomic E-state index is 11.8. The fourth-order valence-electron chi connectivity index (χ4n) is 1.94. The van der Waals surface area contributed by atoms with Crippen LogP contribution in [-0.2, 0) is 0 Å². The van der Waals surface area contributed by atoms with Gasteiger partial charge in [0.25, 0.3) is 0 Å².